The van der Waals surface area contributed by atoms with E-state index in [-0.39, 0.29) is 23.8 Å². The lowest BCUT2D eigenvalue weighted by Crippen LogP contribution is -2.31. The minimum Gasteiger partial charge on any atom is -0.351 e. The fourth-order valence-electron chi connectivity index (χ4n) is 3.39. The van der Waals surface area contributed by atoms with E-state index in [9.17, 15) is 14.0 Å². The molecule has 0 spiro atoms. The molecule has 0 aliphatic rings. The van der Waals surface area contributed by atoms with Crippen molar-refractivity contribution in [3.63, 3.8) is 0 Å². The van der Waals surface area contributed by atoms with Crippen molar-refractivity contribution in [1.29, 1.82) is 0 Å². The van der Waals surface area contributed by atoms with Crippen LogP contribution in [0.5, 0.6) is 0 Å². The van der Waals surface area contributed by atoms with Gasteiger partial charge in [0.1, 0.15) is 11.3 Å². The summed E-state index contributed by atoms with van der Waals surface area (Å²) in [5.41, 5.74) is 2.74. The molecule has 0 radical (unpaired) electrons. The van der Waals surface area contributed by atoms with Crippen LogP contribution in [0.15, 0.2) is 59.5 Å². The first-order valence-corrected chi connectivity index (χ1v) is 9.62. The Kier molecular flexibility index (Phi) is 5.33. The Labute approximate surface area is 172 Å². The van der Waals surface area contributed by atoms with Crippen molar-refractivity contribution in [2.75, 3.05) is 27.2 Å². The molecule has 1 N–H and O–H groups in total. The molecule has 4 rings (SSSR count). The maximum Gasteiger partial charge on any atom is 0.277 e. The van der Waals surface area contributed by atoms with E-state index in [0.29, 0.717) is 28.7 Å². The van der Waals surface area contributed by atoms with Crippen LogP contribution in [-0.4, -0.2) is 52.2 Å². The molecule has 2 heterocycles. The third kappa shape index (κ3) is 3.81. The van der Waals surface area contributed by atoms with E-state index in [2.05, 4.69) is 10.4 Å². The number of fused-ring (bicyclic) bond motifs is 3. The average Bonchev–Trinajstić information content (AvgIpc) is 3.22. The highest BCUT2D eigenvalue weighted by Gasteiger charge is 2.15. The Morgan fingerprint density at radius 2 is 1.83 bits per heavy atom. The molecular formula is C22H22FN5O2. The minimum absolute atomic E-state index is 0.208. The van der Waals surface area contributed by atoms with E-state index in [0.717, 1.165) is 12.1 Å². The van der Waals surface area contributed by atoms with Crippen LogP contribution in [0.4, 0.5) is 4.39 Å². The smallest absolute Gasteiger partial charge is 0.277 e. The first-order chi connectivity index (χ1) is 14.4. The quantitative estimate of drug-likeness (QED) is 0.532. The van der Waals surface area contributed by atoms with Gasteiger partial charge in [-0.3, -0.25) is 9.59 Å². The first kappa shape index (κ1) is 19.8. The number of carbonyl (C=O) groups is 1. The van der Waals surface area contributed by atoms with Gasteiger partial charge in [-0.15, -0.1) is 0 Å². The van der Waals surface area contributed by atoms with Crippen molar-refractivity contribution in [3.8, 4) is 0 Å². The highest BCUT2D eigenvalue weighted by molar-refractivity contribution is 5.97. The molecule has 1 amide bonds. The van der Waals surface area contributed by atoms with Gasteiger partial charge >= 0.3 is 0 Å². The van der Waals surface area contributed by atoms with Gasteiger partial charge in [0, 0.05) is 18.7 Å². The van der Waals surface area contributed by atoms with Crippen LogP contribution >= 0.6 is 0 Å². The maximum absolute atomic E-state index is 13.3. The van der Waals surface area contributed by atoms with Crippen LogP contribution in [0.3, 0.4) is 0 Å². The number of amides is 1. The molecule has 0 aliphatic heterocycles. The van der Waals surface area contributed by atoms with Crippen LogP contribution in [0.2, 0.25) is 0 Å². The molecule has 0 aliphatic carbocycles. The summed E-state index contributed by atoms with van der Waals surface area (Å²) >= 11 is 0. The van der Waals surface area contributed by atoms with Crippen molar-refractivity contribution in [2.24, 2.45) is 0 Å². The van der Waals surface area contributed by atoms with Crippen molar-refractivity contribution in [1.82, 2.24) is 24.4 Å². The number of hydrogen-bond donors (Lipinski definition) is 1. The summed E-state index contributed by atoms with van der Waals surface area (Å²) in [7, 11) is 3.87. The average molecular weight is 407 g/mol. The normalized spacial score (nSPS) is 11.5. The lowest BCUT2D eigenvalue weighted by Gasteiger charge is -2.14. The van der Waals surface area contributed by atoms with Crippen molar-refractivity contribution >= 4 is 22.5 Å². The van der Waals surface area contributed by atoms with Crippen LogP contribution in [-0.2, 0) is 6.54 Å². The van der Waals surface area contributed by atoms with E-state index in [1.165, 1.54) is 12.1 Å². The van der Waals surface area contributed by atoms with Gasteiger partial charge in [-0.05, 0) is 56.1 Å². The standard InChI is InChI=1S/C22H22FN5O2/c1-26(2)12-11-24-21(29)16-5-8-18-20(13-16)27(14-15-3-6-17(23)7-4-15)22(30)19-9-10-25-28(18)19/h3-10,13H,11-12,14H2,1-2H3,(H,24,29). The van der Waals surface area contributed by atoms with Crippen molar-refractivity contribution < 1.29 is 9.18 Å². The number of rotatable bonds is 6. The highest BCUT2D eigenvalue weighted by Crippen LogP contribution is 2.18. The van der Waals surface area contributed by atoms with Gasteiger partial charge in [0.25, 0.3) is 11.5 Å². The third-order valence-electron chi connectivity index (χ3n) is 4.96. The van der Waals surface area contributed by atoms with Crippen LogP contribution in [0.25, 0.3) is 16.6 Å². The molecule has 30 heavy (non-hydrogen) atoms. The second-order valence-corrected chi connectivity index (χ2v) is 7.41. The summed E-state index contributed by atoms with van der Waals surface area (Å²) in [5, 5.41) is 7.14. The predicted molar refractivity (Wildman–Crippen MR) is 113 cm³/mol. The summed E-state index contributed by atoms with van der Waals surface area (Å²) < 4.78 is 16.5. The monoisotopic (exact) mass is 407 g/mol. The van der Waals surface area contributed by atoms with Gasteiger partial charge in [-0.25, -0.2) is 8.91 Å². The fourth-order valence-corrected chi connectivity index (χ4v) is 3.39. The Hall–Kier alpha value is -3.52. The van der Waals surface area contributed by atoms with Crippen LogP contribution in [0.1, 0.15) is 15.9 Å². The van der Waals surface area contributed by atoms with Crippen molar-refractivity contribution in [2.45, 2.75) is 6.54 Å². The predicted octanol–water partition coefficient (Wildman–Crippen LogP) is 2.13. The molecule has 0 saturated heterocycles. The number of nitrogens with one attached hydrogen (secondary N) is 1. The lowest BCUT2D eigenvalue weighted by atomic mass is 10.1. The SMILES string of the molecule is CN(C)CCNC(=O)c1ccc2c(c1)n(Cc1ccc(F)cc1)c(=O)c1ccnn12. The van der Waals surface area contributed by atoms with Gasteiger partial charge in [-0.1, -0.05) is 12.1 Å². The number of hydrogen-bond acceptors (Lipinski definition) is 4. The van der Waals surface area contributed by atoms with Gasteiger partial charge in [-0.2, -0.15) is 5.10 Å². The Morgan fingerprint density at radius 1 is 1.07 bits per heavy atom. The maximum atomic E-state index is 13.3. The molecular weight excluding hydrogens is 385 g/mol. The zero-order valence-electron chi connectivity index (χ0n) is 16.8. The molecule has 8 heteroatoms. The number of aromatic nitrogens is 3. The summed E-state index contributed by atoms with van der Waals surface area (Å²) in [6.45, 7) is 1.50. The molecule has 0 saturated carbocycles. The molecule has 4 aromatic rings. The van der Waals surface area contributed by atoms with Gasteiger partial charge < -0.3 is 14.8 Å². The molecule has 0 fully saturated rings. The number of likely N-dealkylation sites (N-methyl/N-ethyl adjacent to an activating group) is 1. The summed E-state index contributed by atoms with van der Waals surface area (Å²) in [6, 6.07) is 12.9. The number of carbonyl (C=O) groups excluding carboxylic acids is 1. The van der Waals surface area contributed by atoms with Gasteiger partial charge in [0.2, 0.25) is 0 Å². The highest BCUT2D eigenvalue weighted by atomic mass is 19.1. The van der Waals surface area contributed by atoms with E-state index >= 15 is 0 Å². The van der Waals surface area contributed by atoms with Crippen molar-refractivity contribution in [3.05, 3.63) is 82.0 Å². The molecule has 2 aromatic heterocycles. The molecule has 154 valence electrons. The molecule has 0 unspecified atom stereocenters. The number of halogens is 1. The number of benzene rings is 2. The second kappa shape index (κ2) is 8.08. The fraction of sp³-hybridized carbons (Fsp3) is 0.227. The van der Waals surface area contributed by atoms with Crippen LogP contribution < -0.4 is 10.9 Å². The van der Waals surface area contributed by atoms with Crippen LogP contribution in [0, 0.1) is 5.82 Å². The lowest BCUT2D eigenvalue weighted by molar-refractivity contribution is 0.0951. The van der Waals surface area contributed by atoms with E-state index < -0.39 is 0 Å². The number of nitrogens with zero attached hydrogens (tertiary/aromatic N) is 4. The molecule has 2 aromatic carbocycles. The largest absolute Gasteiger partial charge is 0.351 e. The first-order valence-electron chi connectivity index (χ1n) is 9.62. The second-order valence-electron chi connectivity index (χ2n) is 7.41. The Balaban J connectivity index is 1.80. The molecule has 7 nitrogen and oxygen atoms in total. The zero-order chi connectivity index (χ0) is 21.3. The van der Waals surface area contributed by atoms with E-state index in [1.807, 2.05) is 19.0 Å². The summed E-state index contributed by atoms with van der Waals surface area (Å²) in [6.07, 6.45) is 1.57. The Bertz CT molecular complexity index is 1270. The molecule has 0 atom stereocenters. The minimum atomic E-state index is -0.334. The summed E-state index contributed by atoms with van der Waals surface area (Å²) in [4.78, 5) is 27.7. The topological polar surface area (TPSA) is 71.6 Å². The zero-order valence-corrected chi connectivity index (χ0v) is 16.8. The van der Waals surface area contributed by atoms with E-state index in [1.54, 1.807) is 51.7 Å². The third-order valence-corrected chi connectivity index (χ3v) is 4.96. The Morgan fingerprint density at radius 3 is 2.57 bits per heavy atom. The van der Waals surface area contributed by atoms with Gasteiger partial charge in [0.15, 0.2) is 0 Å². The van der Waals surface area contributed by atoms with E-state index in [4.69, 9.17) is 0 Å². The summed E-state index contributed by atoms with van der Waals surface area (Å²) in [5.74, 6) is -0.543. The van der Waals surface area contributed by atoms with Gasteiger partial charge in [0.05, 0.1) is 23.8 Å². The molecule has 0 bridgehead atoms.